The molecular weight excluding hydrogens is 358 g/mol. The molecule has 3 aromatic carbocycles. The van der Waals surface area contributed by atoms with E-state index in [1.54, 1.807) is 0 Å². The lowest BCUT2D eigenvalue weighted by Gasteiger charge is -2.04. The summed E-state index contributed by atoms with van der Waals surface area (Å²) in [6.45, 7) is 2.27. The van der Waals surface area contributed by atoms with E-state index in [1.165, 1.54) is 5.56 Å². The van der Waals surface area contributed by atoms with Gasteiger partial charge in [-0.3, -0.25) is 10.5 Å². The third-order valence-corrected chi connectivity index (χ3v) is 5.25. The van der Waals surface area contributed by atoms with Crippen molar-refractivity contribution >= 4 is 11.7 Å². The molecular formula is C25H24N3O+. The molecule has 0 amide bonds. The molecule has 0 atom stereocenters. The molecule has 2 N–H and O–H groups in total. The highest BCUT2D eigenvalue weighted by Crippen LogP contribution is 2.21. The molecule has 0 bridgehead atoms. The molecule has 0 saturated heterocycles. The van der Waals surface area contributed by atoms with Crippen molar-refractivity contribution in [2.75, 3.05) is 5.73 Å². The number of imidazole rings is 1. The van der Waals surface area contributed by atoms with E-state index in [9.17, 15) is 4.79 Å². The second kappa shape index (κ2) is 7.76. The molecule has 29 heavy (non-hydrogen) atoms. The summed E-state index contributed by atoms with van der Waals surface area (Å²) < 4.78 is 3.72. The number of anilines is 1. The second-order valence-corrected chi connectivity index (χ2v) is 7.29. The third kappa shape index (κ3) is 3.83. The highest BCUT2D eigenvalue weighted by atomic mass is 16.1. The van der Waals surface area contributed by atoms with Gasteiger partial charge in [-0.2, -0.15) is 0 Å². The van der Waals surface area contributed by atoms with Gasteiger partial charge in [-0.05, 0) is 18.1 Å². The fourth-order valence-corrected chi connectivity index (χ4v) is 3.46. The predicted molar refractivity (Wildman–Crippen MR) is 116 cm³/mol. The number of nitrogens with two attached hydrogens (primary N) is 1. The van der Waals surface area contributed by atoms with Crippen LogP contribution in [-0.2, 0) is 13.6 Å². The second-order valence-electron chi connectivity index (χ2n) is 7.29. The van der Waals surface area contributed by atoms with Crippen LogP contribution in [0.5, 0.6) is 0 Å². The Morgan fingerprint density at radius 3 is 2.10 bits per heavy atom. The van der Waals surface area contributed by atoms with Crippen molar-refractivity contribution < 1.29 is 9.36 Å². The maximum absolute atomic E-state index is 12.8. The third-order valence-electron chi connectivity index (χ3n) is 5.25. The van der Waals surface area contributed by atoms with Crippen molar-refractivity contribution in [3.05, 3.63) is 96.2 Å². The lowest BCUT2D eigenvalue weighted by atomic mass is 10.0. The predicted octanol–water partition coefficient (Wildman–Crippen LogP) is 4.42. The van der Waals surface area contributed by atoms with Crippen LogP contribution in [-0.4, -0.2) is 10.4 Å². The highest BCUT2D eigenvalue weighted by molar-refractivity contribution is 5.95. The van der Waals surface area contributed by atoms with Crippen molar-refractivity contribution in [2.24, 2.45) is 7.05 Å². The number of carbonyl (C=O) groups excluding carboxylic acids is 1. The van der Waals surface area contributed by atoms with Gasteiger partial charge in [0.2, 0.25) is 0 Å². The van der Waals surface area contributed by atoms with Crippen molar-refractivity contribution in [3.8, 4) is 22.4 Å². The zero-order valence-electron chi connectivity index (χ0n) is 16.7. The van der Waals surface area contributed by atoms with Gasteiger partial charge in [-0.25, -0.2) is 9.13 Å². The largest absolute Gasteiger partial charge is 0.355 e. The summed E-state index contributed by atoms with van der Waals surface area (Å²) in [6, 6.07) is 26.1. The Bertz CT molecular complexity index is 1140. The highest BCUT2D eigenvalue weighted by Gasteiger charge is 2.20. The van der Waals surface area contributed by atoms with Crippen molar-refractivity contribution in [2.45, 2.75) is 13.5 Å². The van der Waals surface area contributed by atoms with Gasteiger partial charge < -0.3 is 0 Å². The van der Waals surface area contributed by atoms with Crippen LogP contribution in [0.3, 0.4) is 0 Å². The Morgan fingerprint density at radius 2 is 1.45 bits per heavy atom. The Kier molecular flexibility index (Phi) is 5.00. The lowest BCUT2D eigenvalue weighted by Crippen LogP contribution is -2.39. The van der Waals surface area contributed by atoms with Gasteiger partial charge in [0.05, 0.1) is 7.05 Å². The van der Waals surface area contributed by atoms with Gasteiger partial charge in [0.25, 0.3) is 0 Å². The molecule has 0 aliphatic rings. The molecule has 4 aromatic rings. The van der Waals surface area contributed by atoms with Crippen LogP contribution in [0, 0.1) is 6.92 Å². The van der Waals surface area contributed by atoms with Crippen LogP contribution in [0.25, 0.3) is 22.4 Å². The number of carbonyl (C=O) groups is 1. The zero-order chi connectivity index (χ0) is 20.4. The zero-order valence-corrected chi connectivity index (χ0v) is 16.7. The van der Waals surface area contributed by atoms with E-state index in [-0.39, 0.29) is 12.3 Å². The summed E-state index contributed by atoms with van der Waals surface area (Å²) in [5.74, 6) is 0.581. The number of aryl methyl sites for hydroxylation is 1. The minimum atomic E-state index is 0.0300. The quantitative estimate of drug-likeness (QED) is 0.410. The first-order chi connectivity index (χ1) is 14.0. The standard InChI is InChI=1S/C25H23N3O/c1-18-8-10-21(11-9-18)23-16-28(25(26)27(23)2)17-24(29)22-14-12-20(13-15-22)19-6-4-3-5-7-19/h3-16,26H,17H2,1-2H3/p+1. The van der Waals surface area contributed by atoms with Crippen molar-refractivity contribution in [1.29, 1.82) is 0 Å². The van der Waals surface area contributed by atoms with E-state index in [4.69, 9.17) is 5.73 Å². The summed E-state index contributed by atoms with van der Waals surface area (Å²) in [5.41, 5.74) is 12.4. The van der Waals surface area contributed by atoms with Crippen LogP contribution in [0.15, 0.2) is 85.1 Å². The number of nitrogens with zero attached hydrogens (tertiary/aromatic N) is 2. The lowest BCUT2D eigenvalue weighted by molar-refractivity contribution is -0.667. The number of Topliss-reactive ketones (excluding diaryl/α,β-unsaturated/α-hetero) is 1. The topological polar surface area (TPSA) is 51.9 Å². The van der Waals surface area contributed by atoms with Crippen LogP contribution in [0.1, 0.15) is 15.9 Å². The van der Waals surface area contributed by atoms with Crippen molar-refractivity contribution in [1.82, 2.24) is 4.57 Å². The SMILES string of the molecule is Cc1ccc(-c2c[n+](CC(=O)c3ccc(-c4ccccc4)cc3)c(N)n2C)cc1. The minimum absolute atomic E-state index is 0.0300. The molecule has 4 nitrogen and oxygen atoms in total. The van der Waals surface area contributed by atoms with E-state index < -0.39 is 0 Å². The molecule has 1 aromatic heterocycles. The first kappa shape index (κ1) is 18.7. The fraction of sp³-hybridized carbons (Fsp3) is 0.120. The minimum Gasteiger partial charge on any atom is -0.291 e. The van der Waals surface area contributed by atoms with Crippen molar-refractivity contribution in [3.63, 3.8) is 0 Å². The molecule has 4 rings (SSSR count). The Balaban J connectivity index is 1.55. The Hall–Kier alpha value is -3.66. The number of hydrogen-bond donors (Lipinski definition) is 1. The van der Waals surface area contributed by atoms with E-state index >= 15 is 0 Å². The summed E-state index contributed by atoms with van der Waals surface area (Å²) in [6.07, 6.45) is 1.94. The summed E-state index contributed by atoms with van der Waals surface area (Å²) in [5, 5.41) is 0. The van der Waals surface area contributed by atoms with E-state index in [0.717, 1.165) is 22.4 Å². The number of benzene rings is 3. The molecule has 0 spiro atoms. The molecule has 4 heteroatoms. The van der Waals surface area contributed by atoms with Crippen LogP contribution in [0.2, 0.25) is 0 Å². The molecule has 0 fully saturated rings. The molecule has 0 unspecified atom stereocenters. The van der Waals surface area contributed by atoms with Gasteiger partial charge in [0, 0.05) is 11.1 Å². The number of aromatic nitrogens is 2. The molecule has 0 saturated carbocycles. The smallest absolute Gasteiger partial charge is 0.291 e. The van der Waals surface area contributed by atoms with Gasteiger partial charge >= 0.3 is 5.95 Å². The van der Waals surface area contributed by atoms with Gasteiger partial charge in [-0.1, -0.05) is 84.4 Å². The summed E-state index contributed by atoms with van der Waals surface area (Å²) >= 11 is 0. The summed E-state index contributed by atoms with van der Waals surface area (Å²) in [4.78, 5) is 12.8. The van der Waals surface area contributed by atoms with Gasteiger partial charge in [0.1, 0.15) is 18.4 Å². The van der Waals surface area contributed by atoms with E-state index in [2.05, 4.69) is 43.3 Å². The maximum atomic E-state index is 12.8. The average molecular weight is 382 g/mol. The fourth-order valence-electron chi connectivity index (χ4n) is 3.46. The normalized spacial score (nSPS) is 10.8. The maximum Gasteiger partial charge on any atom is 0.355 e. The molecule has 0 aliphatic carbocycles. The molecule has 0 aliphatic heterocycles. The van der Waals surface area contributed by atoms with E-state index in [0.29, 0.717) is 11.5 Å². The molecule has 1 heterocycles. The monoisotopic (exact) mass is 382 g/mol. The number of rotatable bonds is 5. The molecule has 144 valence electrons. The van der Waals surface area contributed by atoms with Gasteiger partial charge in [-0.15, -0.1) is 0 Å². The number of hydrogen-bond acceptors (Lipinski definition) is 2. The first-order valence-electron chi connectivity index (χ1n) is 9.63. The van der Waals surface area contributed by atoms with Crippen LogP contribution < -0.4 is 10.3 Å². The Morgan fingerprint density at radius 1 is 0.862 bits per heavy atom. The van der Waals surface area contributed by atoms with Crippen LogP contribution >= 0.6 is 0 Å². The Labute approximate surface area is 170 Å². The van der Waals surface area contributed by atoms with Gasteiger partial charge in [0.15, 0.2) is 5.78 Å². The number of ketones is 1. The first-order valence-corrected chi connectivity index (χ1v) is 9.63. The van der Waals surface area contributed by atoms with E-state index in [1.807, 2.05) is 64.8 Å². The summed E-state index contributed by atoms with van der Waals surface area (Å²) in [7, 11) is 1.92. The number of nitrogen functional groups attached to an aromatic ring is 1. The average Bonchev–Trinajstić information content (AvgIpc) is 3.03. The van der Waals surface area contributed by atoms with Crippen LogP contribution in [0.4, 0.5) is 5.95 Å². The molecule has 0 radical (unpaired) electrons.